The molecule has 9 heteroatoms. The summed E-state index contributed by atoms with van der Waals surface area (Å²) in [6.45, 7) is 3.88. The van der Waals surface area contributed by atoms with E-state index >= 15 is 0 Å². The average Bonchev–Trinajstić information content (AvgIpc) is 2.83. The van der Waals surface area contributed by atoms with Crippen molar-refractivity contribution in [1.82, 2.24) is 9.66 Å². The Kier molecular flexibility index (Phi) is 7.52. The van der Waals surface area contributed by atoms with Gasteiger partial charge in [-0.3, -0.25) is 4.79 Å². The van der Waals surface area contributed by atoms with Crippen LogP contribution in [0.15, 0.2) is 69.0 Å². The predicted octanol–water partition coefficient (Wildman–Crippen LogP) is 6.54. The molecule has 1 aromatic heterocycles. The molecule has 0 N–H and O–H groups in total. The summed E-state index contributed by atoms with van der Waals surface area (Å²) in [6.07, 6.45) is 1.51. The van der Waals surface area contributed by atoms with Crippen molar-refractivity contribution in [3.8, 4) is 11.5 Å². The lowest BCUT2D eigenvalue weighted by atomic mass is 10.2. The minimum atomic E-state index is -0.367. The molecule has 0 fully saturated rings. The molecule has 4 rings (SSSR count). The van der Waals surface area contributed by atoms with Crippen LogP contribution in [-0.4, -0.2) is 23.0 Å². The zero-order valence-electron chi connectivity index (χ0n) is 19.3. The molecule has 6 nitrogen and oxygen atoms in total. The molecule has 3 aromatic carbocycles. The van der Waals surface area contributed by atoms with Gasteiger partial charge < -0.3 is 9.47 Å². The summed E-state index contributed by atoms with van der Waals surface area (Å²) in [5, 5.41) is 5.14. The number of aromatic nitrogens is 2. The van der Waals surface area contributed by atoms with Crippen LogP contribution in [0.4, 0.5) is 4.39 Å². The molecule has 0 aliphatic heterocycles. The highest BCUT2D eigenvalue weighted by Gasteiger charge is 2.15. The van der Waals surface area contributed by atoms with Gasteiger partial charge in [0, 0.05) is 16.0 Å². The number of methoxy groups -OCH3 is 1. The first-order chi connectivity index (χ1) is 16.8. The maximum absolute atomic E-state index is 13.9. The van der Waals surface area contributed by atoms with Gasteiger partial charge in [0.15, 0.2) is 11.5 Å². The second-order valence-corrected chi connectivity index (χ2v) is 9.38. The molecule has 35 heavy (non-hydrogen) atoms. The number of halogens is 3. The van der Waals surface area contributed by atoms with Crippen molar-refractivity contribution in [2.75, 3.05) is 7.11 Å². The van der Waals surface area contributed by atoms with Crippen LogP contribution in [0.5, 0.6) is 11.5 Å². The third-order valence-corrected chi connectivity index (χ3v) is 6.03. The van der Waals surface area contributed by atoms with Crippen molar-refractivity contribution < 1.29 is 13.9 Å². The molecule has 0 amide bonds. The molecule has 0 aliphatic rings. The molecule has 0 aliphatic carbocycles. The highest BCUT2D eigenvalue weighted by Crippen LogP contribution is 2.36. The van der Waals surface area contributed by atoms with Gasteiger partial charge >= 0.3 is 0 Å². The van der Waals surface area contributed by atoms with E-state index < -0.39 is 0 Å². The molecule has 0 spiro atoms. The summed E-state index contributed by atoms with van der Waals surface area (Å²) in [5.41, 5.74) is 1.31. The number of hydrogen-bond acceptors (Lipinski definition) is 5. The molecule has 1 heterocycles. The lowest BCUT2D eigenvalue weighted by Gasteiger charge is -2.14. The van der Waals surface area contributed by atoms with Gasteiger partial charge in [0.25, 0.3) is 5.56 Å². The highest BCUT2D eigenvalue weighted by molar-refractivity contribution is 9.10. The summed E-state index contributed by atoms with van der Waals surface area (Å²) in [7, 11) is 1.48. The van der Waals surface area contributed by atoms with Crippen LogP contribution in [0.3, 0.4) is 0 Å². The molecule has 0 unspecified atom stereocenters. The Balaban J connectivity index is 1.69. The van der Waals surface area contributed by atoms with Crippen molar-refractivity contribution in [3.05, 3.63) is 97.2 Å². The van der Waals surface area contributed by atoms with Crippen LogP contribution in [0.1, 0.15) is 36.7 Å². The van der Waals surface area contributed by atoms with Crippen LogP contribution in [0, 0.1) is 5.82 Å². The highest BCUT2D eigenvalue weighted by atomic mass is 79.9. The number of rotatable bonds is 7. The smallest absolute Gasteiger partial charge is 0.282 e. The van der Waals surface area contributed by atoms with Crippen molar-refractivity contribution >= 4 is 44.6 Å². The Hall–Kier alpha value is -3.23. The van der Waals surface area contributed by atoms with E-state index in [0.29, 0.717) is 33.6 Å². The maximum Gasteiger partial charge on any atom is 0.282 e. The first-order valence-electron chi connectivity index (χ1n) is 10.8. The minimum absolute atomic E-state index is 0.0123. The molecule has 180 valence electrons. The molecule has 0 radical (unpaired) electrons. The fourth-order valence-corrected chi connectivity index (χ4v) is 4.13. The average molecular weight is 559 g/mol. The minimum Gasteiger partial charge on any atom is -0.493 e. The number of ether oxygens (including phenoxy) is 2. The van der Waals surface area contributed by atoms with Crippen molar-refractivity contribution in [1.29, 1.82) is 0 Å². The quantitative estimate of drug-likeness (QED) is 0.242. The van der Waals surface area contributed by atoms with E-state index in [-0.39, 0.29) is 34.7 Å². The van der Waals surface area contributed by atoms with E-state index in [2.05, 4.69) is 26.0 Å². The SMILES string of the molecule is COc1cc(C=Nn2c(C(C)C)nc3ccc(Br)cc3c2=O)cc(Cl)c1OCc1ccccc1F. The first kappa shape index (κ1) is 24.9. The molecule has 4 aromatic rings. The molecule has 0 saturated heterocycles. The number of hydrogen-bond donors (Lipinski definition) is 0. The summed E-state index contributed by atoms with van der Waals surface area (Å²) in [5.74, 6) is 0.761. The lowest BCUT2D eigenvalue weighted by molar-refractivity contribution is 0.280. The first-order valence-corrected chi connectivity index (χ1v) is 12.0. The Morgan fingerprint density at radius 1 is 1.20 bits per heavy atom. The zero-order chi connectivity index (χ0) is 25.1. The monoisotopic (exact) mass is 557 g/mol. The Bertz CT molecular complexity index is 1490. The summed E-state index contributed by atoms with van der Waals surface area (Å²) < 4.78 is 27.2. The lowest BCUT2D eigenvalue weighted by Crippen LogP contribution is -2.23. The van der Waals surface area contributed by atoms with E-state index in [4.69, 9.17) is 21.1 Å². The topological polar surface area (TPSA) is 65.7 Å². The second-order valence-electron chi connectivity index (χ2n) is 8.06. The van der Waals surface area contributed by atoms with E-state index in [1.807, 2.05) is 19.9 Å². The molecule has 0 atom stereocenters. The summed E-state index contributed by atoms with van der Waals surface area (Å²) in [4.78, 5) is 17.8. The molecular weight excluding hydrogens is 537 g/mol. The van der Waals surface area contributed by atoms with Crippen LogP contribution in [-0.2, 0) is 6.61 Å². The van der Waals surface area contributed by atoms with Gasteiger partial charge in [-0.1, -0.05) is 59.6 Å². The standard InChI is InChI=1S/C26H22BrClFN3O3/c1-15(2)25-31-22-9-8-18(27)12-19(22)26(33)32(25)30-13-16-10-20(28)24(23(11-16)34-3)35-14-17-6-4-5-7-21(17)29/h4-13,15H,14H2,1-3H3. The maximum atomic E-state index is 13.9. The Morgan fingerprint density at radius 3 is 2.69 bits per heavy atom. The Morgan fingerprint density at radius 2 is 1.97 bits per heavy atom. The number of fused-ring (bicyclic) bond motifs is 1. The number of nitrogens with zero attached hydrogens (tertiary/aromatic N) is 3. The predicted molar refractivity (Wildman–Crippen MR) is 140 cm³/mol. The summed E-state index contributed by atoms with van der Waals surface area (Å²) in [6, 6.07) is 15.0. The third-order valence-electron chi connectivity index (χ3n) is 5.25. The van der Waals surface area contributed by atoms with Gasteiger partial charge in [-0.05, 0) is 42.0 Å². The van der Waals surface area contributed by atoms with Crippen LogP contribution in [0.25, 0.3) is 10.9 Å². The van der Waals surface area contributed by atoms with Crippen molar-refractivity contribution in [2.45, 2.75) is 26.4 Å². The van der Waals surface area contributed by atoms with Gasteiger partial charge in [0.1, 0.15) is 18.2 Å². The molecule has 0 bridgehead atoms. The Labute approximate surface area is 215 Å². The van der Waals surface area contributed by atoms with Gasteiger partial charge in [-0.15, -0.1) is 0 Å². The van der Waals surface area contributed by atoms with Crippen molar-refractivity contribution in [3.63, 3.8) is 0 Å². The van der Waals surface area contributed by atoms with E-state index in [1.165, 1.54) is 24.1 Å². The van der Waals surface area contributed by atoms with Crippen LogP contribution in [0.2, 0.25) is 5.02 Å². The largest absolute Gasteiger partial charge is 0.493 e. The van der Waals surface area contributed by atoms with Gasteiger partial charge in [-0.25, -0.2) is 9.37 Å². The van der Waals surface area contributed by atoms with E-state index in [0.717, 1.165) is 4.47 Å². The van der Waals surface area contributed by atoms with Crippen LogP contribution >= 0.6 is 27.5 Å². The van der Waals surface area contributed by atoms with Crippen molar-refractivity contribution in [2.24, 2.45) is 5.10 Å². The van der Waals surface area contributed by atoms with E-state index in [1.54, 1.807) is 42.5 Å². The number of benzene rings is 3. The van der Waals surface area contributed by atoms with Gasteiger partial charge in [0.2, 0.25) is 0 Å². The van der Waals surface area contributed by atoms with Gasteiger partial charge in [-0.2, -0.15) is 9.78 Å². The summed E-state index contributed by atoms with van der Waals surface area (Å²) >= 11 is 9.86. The second kappa shape index (κ2) is 10.6. The normalized spacial score (nSPS) is 11.5. The molecule has 0 saturated carbocycles. The fraction of sp³-hybridized carbons (Fsp3) is 0.192. The third kappa shape index (κ3) is 5.39. The zero-order valence-corrected chi connectivity index (χ0v) is 21.6. The van der Waals surface area contributed by atoms with Gasteiger partial charge in [0.05, 0.1) is 29.2 Å². The van der Waals surface area contributed by atoms with Crippen LogP contribution < -0.4 is 15.0 Å². The van der Waals surface area contributed by atoms with E-state index in [9.17, 15) is 9.18 Å². The molecular formula is C26H22BrClFN3O3. The fourth-order valence-electron chi connectivity index (χ4n) is 3.50.